The molecule has 6 nitrogen and oxygen atoms in total. The number of carbonyl (C=O) groups excluding carboxylic acids is 2. The third-order valence-electron chi connectivity index (χ3n) is 2.95. The summed E-state index contributed by atoms with van der Waals surface area (Å²) in [5.41, 5.74) is 0.973. The van der Waals surface area contributed by atoms with Gasteiger partial charge in [0.25, 0.3) is 0 Å². The van der Waals surface area contributed by atoms with Crippen LogP contribution in [0.3, 0.4) is 0 Å². The van der Waals surface area contributed by atoms with Crippen molar-refractivity contribution < 1.29 is 19.1 Å². The standard InChI is InChI=1S/C15H21ClN2O4/c1-21-12-5-4-11(10-13(12)22-2)6-9-18-15(20)14(19)17-8-3-7-16/h4-5,10H,3,6-9H2,1-2H3,(H,17,19)(H,18,20). The maximum absolute atomic E-state index is 11.6. The molecule has 0 bridgehead atoms. The van der Waals surface area contributed by atoms with Crippen molar-refractivity contribution in [1.29, 1.82) is 0 Å². The molecule has 0 fully saturated rings. The SMILES string of the molecule is COc1ccc(CCNC(=O)C(=O)NCCCCl)cc1OC. The molecule has 7 heteroatoms. The van der Waals surface area contributed by atoms with Gasteiger partial charge >= 0.3 is 11.8 Å². The molecular weight excluding hydrogens is 308 g/mol. The molecule has 0 radical (unpaired) electrons. The number of ether oxygens (including phenoxy) is 2. The van der Waals surface area contributed by atoms with Gasteiger partial charge in [-0.1, -0.05) is 6.07 Å². The number of halogens is 1. The number of hydrogen-bond donors (Lipinski definition) is 2. The van der Waals surface area contributed by atoms with Gasteiger partial charge in [0.1, 0.15) is 0 Å². The minimum atomic E-state index is -0.643. The zero-order chi connectivity index (χ0) is 16.4. The average molecular weight is 329 g/mol. The third kappa shape index (κ3) is 5.81. The van der Waals surface area contributed by atoms with Crippen molar-refractivity contribution in [2.24, 2.45) is 0 Å². The van der Waals surface area contributed by atoms with E-state index in [9.17, 15) is 9.59 Å². The monoisotopic (exact) mass is 328 g/mol. The van der Waals surface area contributed by atoms with Gasteiger partial charge in [0, 0.05) is 19.0 Å². The highest BCUT2D eigenvalue weighted by molar-refractivity contribution is 6.35. The molecular formula is C15H21ClN2O4. The fraction of sp³-hybridized carbons (Fsp3) is 0.467. The Labute approximate surface area is 135 Å². The minimum Gasteiger partial charge on any atom is -0.493 e. The van der Waals surface area contributed by atoms with Crippen molar-refractivity contribution in [2.45, 2.75) is 12.8 Å². The molecule has 2 N–H and O–H groups in total. The topological polar surface area (TPSA) is 76.7 Å². The number of nitrogens with one attached hydrogen (secondary N) is 2. The number of rotatable bonds is 8. The lowest BCUT2D eigenvalue weighted by molar-refractivity contribution is -0.139. The summed E-state index contributed by atoms with van der Waals surface area (Å²) in [6, 6.07) is 5.52. The van der Waals surface area contributed by atoms with E-state index in [0.717, 1.165) is 5.56 Å². The molecule has 22 heavy (non-hydrogen) atoms. The van der Waals surface area contributed by atoms with Crippen molar-refractivity contribution in [3.05, 3.63) is 23.8 Å². The minimum absolute atomic E-state index is 0.358. The molecule has 1 aromatic carbocycles. The average Bonchev–Trinajstić information content (AvgIpc) is 2.54. The van der Waals surface area contributed by atoms with Crippen molar-refractivity contribution >= 4 is 23.4 Å². The van der Waals surface area contributed by atoms with Crippen molar-refractivity contribution in [2.75, 3.05) is 33.2 Å². The number of methoxy groups -OCH3 is 2. The quantitative estimate of drug-likeness (QED) is 0.426. The lowest BCUT2D eigenvalue weighted by atomic mass is 10.1. The van der Waals surface area contributed by atoms with Crippen LogP contribution in [0.25, 0.3) is 0 Å². The highest BCUT2D eigenvalue weighted by Crippen LogP contribution is 2.27. The summed E-state index contributed by atoms with van der Waals surface area (Å²) in [4.78, 5) is 23.0. The summed E-state index contributed by atoms with van der Waals surface area (Å²) >= 11 is 5.49. The lowest BCUT2D eigenvalue weighted by Gasteiger charge is -2.10. The smallest absolute Gasteiger partial charge is 0.309 e. The zero-order valence-electron chi connectivity index (χ0n) is 12.8. The normalized spacial score (nSPS) is 9.95. The molecule has 0 aliphatic carbocycles. The molecule has 0 saturated carbocycles. The Hall–Kier alpha value is -1.95. The van der Waals surface area contributed by atoms with Crippen LogP contribution in [0.2, 0.25) is 0 Å². The summed E-state index contributed by atoms with van der Waals surface area (Å²) in [5, 5.41) is 5.06. The van der Waals surface area contributed by atoms with Crippen LogP contribution in [0, 0.1) is 0 Å². The zero-order valence-corrected chi connectivity index (χ0v) is 13.5. The van der Waals surface area contributed by atoms with Crippen LogP contribution in [-0.2, 0) is 16.0 Å². The maximum Gasteiger partial charge on any atom is 0.309 e. The summed E-state index contributed by atoms with van der Waals surface area (Å²) in [7, 11) is 3.13. The predicted octanol–water partition coefficient (Wildman–Crippen LogP) is 1.11. The maximum atomic E-state index is 11.6. The molecule has 1 aromatic rings. The molecule has 0 heterocycles. The van der Waals surface area contributed by atoms with Gasteiger partial charge in [-0.15, -0.1) is 11.6 Å². The van der Waals surface area contributed by atoms with Crippen LogP contribution in [0.15, 0.2) is 18.2 Å². The first-order valence-electron chi connectivity index (χ1n) is 6.95. The van der Waals surface area contributed by atoms with E-state index in [0.29, 0.717) is 43.3 Å². The van der Waals surface area contributed by atoms with Gasteiger partial charge in [-0.05, 0) is 30.5 Å². The third-order valence-corrected chi connectivity index (χ3v) is 3.22. The first-order chi connectivity index (χ1) is 10.6. The largest absolute Gasteiger partial charge is 0.493 e. The number of hydrogen-bond acceptors (Lipinski definition) is 4. The van der Waals surface area contributed by atoms with E-state index in [1.807, 2.05) is 12.1 Å². The molecule has 0 spiro atoms. The van der Waals surface area contributed by atoms with Crippen LogP contribution < -0.4 is 20.1 Å². The molecule has 0 saturated heterocycles. The Morgan fingerprint density at radius 1 is 1.05 bits per heavy atom. The van der Waals surface area contributed by atoms with E-state index < -0.39 is 11.8 Å². The van der Waals surface area contributed by atoms with Gasteiger partial charge in [-0.3, -0.25) is 9.59 Å². The molecule has 0 unspecified atom stereocenters. The van der Waals surface area contributed by atoms with E-state index in [1.165, 1.54) is 0 Å². The first kappa shape index (κ1) is 18.1. The first-order valence-corrected chi connectivity index (χ1v) is 7.48. The number of carbonyl (C=O) groups is 2. The number of benzene rings is 1. The van der Waals surface area contributed by atoms with Crippen molar-refractivity contribution in [3.63, 3.8) is 0 Å². The fourth-order valence-electron chi connectivity index (χ4n) is 1.79. The van der Waals surface area contributed by atoms with E-state index in [4.69, 9.17) is 21.1 Å². The molecule has 1 rings (SSSR count). The van der Waals surface area contributed by atoms with E-state index in [-0.39, 0.29) is 0 Å². The van der Waals surface area contributed by atoms with Crippen molar-refractivity contribution in [3.8, 4) is 11.5 Å². The summed E-state index contributed by atoms with van der Waals surface area (Å²) in [6.07, 6.45) is 1.22. The molecule has 0 aliphatic heterocycles. The van der Waals surface area contributed by atoms with Gasteiger partial charge in [0.2, 0.25) is 0 Å². The van der Waals surface area contributed by atoms with Crippen LogP contribution in [-0.4, -0.2) is 45.0 Å². The van der Waals surface area contributed by atoms with Crippen molar-refractivity contribution in [1.82, 2.24) is 10.6 Å². The van der Waals surface area contributed by atoms with E-state index in [1.54, 1.807) is 20.3 Å². The van der Waals surface area contributed by atoms with Gasteiger partial charge in [-0.25, -0.2) is 0 Å². The fourth-order valence-corrected chi connectivity index (χ4v) is 1.92. The Bertz CT molecular complexity index is 508. The van der Waals surface area contributed by atoms with Gasteiger partial charge in [-0.2, -0.15) is 0 Å². The Morgan fingerprint density at radius 2 is 1.68 bits per heavy atom. The van der Waals surface area contributed by atoms with Gasteiger partial charge in [0.05, 0.1) is 14.2 Å². The summed E-state index contributed by atoms with van der Waals surface area (Å²) in [6.45, 7) is 0.753. The Kier molecular flexibility index (Phi) is 8.14. The molecule has 2 amide bonds. The number of amides is 2. The second kappa shape index (κ2) is 9.89. The van der Waals surface area contributed by atoms with Gasteiger partial charge in [0.15, 0.2) is 11.5 Å². The highest BCUT2D eigenvalue weighted by Gasteiger charge is 2.12. The predicted molar refractivity (Wildman–Crippen MR) is 84.6 cm³/mol. The highest BCUT2D eigenvalue weighted by atomic mass is 35.5. The summed E-state index contributed by atoms with van der Waals surface area (Å²) < 4.78 is 10.4. The van der Waals surface area contributed by atoms with E-state index >= 15 is 0 Å². The van der Waals surface area contributed by atoms with Crippen LogP contribution in [0.1, 0.15) is 12.0 Å². The molecule has 0 aromatic heterocycles. The summed E-state index contributed by atoms with van der Waals surface area (Å²) in [5.74, 6) is 0.438. The lowest BCUT2D eigenvalue weighted by Crippen LogP contribution is -2.41. The van der Waals surface area contributed by atoms with Crippen LogP contribution >= 0.6 is 11.6 Å². The molecule has 122 valence electrons. The van der Waals surface area contributed by atoms with Crippen LogP contribution in [0.5, 0.6) is 11.5 Å². The molecule has 0 aliphatic rings. The number of alkyl halides is 1. The van der Waals surface area contributed by atoms with Crippen LogP contribution in [0.4, 0.5) is 0 Å². The Balaban J connectivity index is 2.40. The van der Waals surface area contributed by atoms with E-state index in [2.05, 4.69) is 10.6 Å². The second-order valence-electron chi connectivity index (χ2n) is 4.49. The second-order valence-corrected chi connectivity index (χ2v) is 4.87. The Morgan fingerprint density at radius 3 is 2.27 bits per heavy atom. The van der Waals surface area contributed by atoms with Gasteiger partial charge < -0.3 is 20.1 Å². The molecule has 0 atom stereocenters.